The van der Waals surface area contributed by atoms with E-state index in [4.69, 9.17) is 11.6 Å². The van der Waals surface area contributed by atoms with Gasteiger partial charge in [-0.1, -0.05) is 25.4 Å². The van der Waals surface area contributed by atoms with Gasteiger partial charge in [-0.05, 0) is 12.1 Å². The second kappa shape index (κ2) is 2.61. The van der Waals surface area contributed by atoms with Gasteiger partial charge in [-0.25, -0.2) is 4.39 Å². The molecule has 3 heteroatoms. The number of fused-ring (bicyclic) bond motifs is 1. The Balaban J connectivity index is 2.68. The Kier molecular flexibility index (Phi) is 1.77. The molecule has 0 fully saturated rings. The van der Waals surface area contributed by atoms with Crippen LogP contribution in [-0.2, 0) is 5.41 Å². The van der Waals surface area contributed by atoms with E-state index >= 15 is 0 Å². The predicted molar refractivity (Wildman–Crippen MR) is 52.9 cm³/mol. The monoisotopic (exact) mass is 199 g/mol. The molecular weight excluding hydrogens is 189 g/mol. The Morgan fingerprint density at radius 1 is 1.46 bits per heavy atom. The molecule has 1 aromatic carbocycles. The van der Waals surface area contributed by atoms with E-state index in [9.17, 15) is 4.39 Å². The lowest BCUT2D eigenvalue weighted by Crippen LogP contribution is -2.19. The molecule has 0 spiro atoms. The van der Waals surface area contributed by atoms with Crippen molar-refractivity contribution < 1.29 is 4.39 Å². The van der Waals surface area contributed by atoms with E-state index in [1.165, 1.54) is 6.07 Å². The molecule has 1 aliphatic rings. The minimum Gasteiger partial charge on any atom is -0.384 e. The summed E-state index contributed by atoms with van der Waals surface area (Å²) in [6.07, 6.45) is 0. The fourth-order valence-corrected chi connectivity index (χ4v) is 2.18. The minimum absolute atomic E-state index is 0.0749. The number of anilines is 1. The van der Waals surface area contributed by atoms with Gasteiger partial charge in [0.2, 0.25) is 0 Å². The largest absolute Gasteiger partial charge is 0.384 e. The highest BCUT2D eigenvalue weighted by molar-refractivity contribution is 6.32. The molecular formula is C10H11ClFN. The Labute approximate surface area is 81.9 Å². The van der Waals surface area contributed by atoms with Gasteiger partial charge in [-0.3, -0.25) is 0 Å². The van der Waals surface area contributed by atoms with Crippen molar-refractivity contribution in [2.45, 2.75) is 19.3 Å². The molecule has 0 aromatic heterocycles. The first-order chi connectivity index (χ1) is 6.02. The van der Waals surface area contributed by atoms with Crippen LogP contribution in [0.25, 0.3) is 0 Å². The van der Waals surface area contributed by atoms with Crippen molar-refractivity contribution in [3.05, 3.63) is 28.5 Å². The van der Waals surface area contributed by atoms with Crippen LogP contribution in [0.15, 0.2) is 12.1 Å². The molecule has 1 heterocycles. The number of rotatable bonds is 0. The SMILES string of the molecule is CC1(C)CNc2ccc(F)c(Cl)c21. The maximum absolute atomic E-state index is 13.2. The Hall–Kier alpha value is -0.760. The van der Waals surface area contributed by atoms with Gasteiger partial charge in [-0.2, -0.15) is 0 Å². The van der Waals surface area contributed by atoms with Gasteiger partial charge >= 0.3 is 0 Å². The summed E-state index contributed by atoms with van der Waals surface area (Å²) in [6.45, 7) is 4.92. The zero-order valence-corrected chi connectivity index (χ0v) is 8.37. The Morgan fingerprint density at radius 2 is 2.15 bits per heavy atom. The van der Waals surface area contributed by atoms with E-state index in [0.29, 0.717) is 0 Å². The van der Waals surface area contributed by atoms with E-state index in [0.717, 1.165) is 17.8 Å². The zero-order chi connectivity index (χ0) is 9.64. The van der Waals surface area contributed by atoms with Gasteiger partial charge in [-0.15, -0.1) is 0 Å². The normalized spacial score (nSPS) is 18.2. The molecule has 1 nitrogen and oxygen atoms in total. The van der Waals surface area contributed by atoms with E-state index in [2.05, 4.69) is 19.2 Å². The van der Waals surface area contributed by atoms with E-state index in [-0.39, 0.29) is 16.3 Å². The van der Waals surface area contributed by atoms with Crippen LogP contribution in [-0.4, -0.2) is 6.54 Å². The first-order valence-corrected chi connectivity index (χ1v) is 4.62. The molecule has 1 N–H and O–H groups in total. The first kappa shape index (κ1) is 8.82. The highest BCUT2D eigenvalue weighted by Gasteiger charge is 2.32. The lowest BCUT2D eigenvalue weighted by molar-refractivity contribution is 0.573. The summed E-state index contributed by atoms with van der Waals surface area (Å²) < 4.78 is 13.2. The molecule has 0 unspecified atom stereocenters. The van der Waals surface area contributed by atoms with Crippen molar-refractivity contribution in [1.29, 1.82) is 0 Å². The maximum atomic E-state index is 13.2. The van der Waals surface area contributed by atoms with Crippen LogP contribution in [0.2, 0.25) is 5.02 Å². The summed E-state index contributed by atoms with van der Waals surface area (Å²) in [5, 5.41) is 3.46. The van der Waals surface area contributed by atoms with Crippen molar-refractivity contribution in [3.8, 4) is 0 Å². The van der Waals surface area contributed by atoms with Crippen LogP contribution in [0.1, 0.15) is 19.4 Å². The van der Waals surface area contributed by atoms with Gasteiger partial charge in [0, 0.05) is 23.2 Å². The molecule has 0 radical (unpaired) electrons. The summed E-state index contributed by atoms with van der Waals surface area (Å²) >= 11 is 5.91. The quantitative estimate of drug-likeness (QED) is 0.677. The third-order valence-electron chi connectivity index (χ3n) is 2.49. The zero-order valence-electron chi connectivity index (χ0n) is 7.62. The van der Waals surface area contributed by atoms with Gasteiger partial charge < -0.3 is 5.32 Å². The summed E-state index contributed by atoms with van der Waals surface area (Å²) in [5.41, 5.74) is 1.78. The van der Waals surface area contributed by atoms with Crippen molar-refractivity contribution in [3.63, 3.8) is 0 Å². The molecule has 2 rings (SSSR count). The van der Waals surface area contributed by atoms with Crippen molar-refractivity contribution in [1.82, 2.24) is 0 Å². The molecule has 1 aromatic rings. The summed E-state index contributed by atoms with van der Waals surface area (Å²) in [5.74, 6) is -0.336. The van der Waals surface area contributed by atoms with Gasteiger partial charge in [0.15, 0.2) is 0 Å². The van der Waals surface area contributed by atoms with Crippen LogP contribution >= 0.6 is 11.6 Å². The molecule has 70 valence electrons. The van der Waals surface area contributed by atoms with E-state index in [1.807, 2.05) is 0 Å². The third kappa shape index (κ3) is 1.20. The van der Waals surface area contributed by atoms with E-state index in [1.54, 1.807) is 6.07 Å². The minimum atomic E-state index is -0.336. The molecule has 13 heavy (non-hydrogen) atoms. The van der Waals surface area contributed by atoms with Gasteiger partial charge in [0.05, 0.1) is 5.02 Å². The summed E-state index contributed by atoms with van der Waals surface area (Å²) in [4.78, 5) is 0. The van der Waals surface area contributed by atoms with Crippen LogP contribution in [0, 0.1) is 5.82 Å². The van der Waals surface area contributed by atoms with Crippen molar-refractivity contribution in [2.75, 3.05) is 11.9 Å². The molecule has 0 saturated carbocycles. The Morgan fingerprint density at radius 3 is 2.85 bits per heavy atom. The number of hydrogen-bond acceptors (Lipinski definition) is 1. The van der Waals surface area contributed by atoms with Gasteiger partial charge in [0.25, 0.3) is 0 Å². The summed E-state index contributed by atoms with van der Waals surface area (Å²) in [7, 11) is 0. The molecule has 0 atom stereocenters. The van der Waals surface area contributed by atoms with Crippen LogP contribution in [0.4, 0.5) is 10.1 Å². The highest BCUT2D eigenvalue weighted by Crippen LogP contribution is 2.41. The average Bonchev–Trinajstić information content (AvgIpc) is 2.35. The number of benzene rings is 1. The average molecular weight is 200 g/mol. The maximum Gasteiger partial charge on any atom is 0.142 e. The molecule has 0 aliphatic carbocycles. The molecule has 0 bridgehead atoms. The van der Waals surface area contributed by atoms with Crippen LogP contribution in [0.3, 0.4) is 0 Å². The van der Waals surface area contributed by atoms with Crippen molar-refractivity contribution in [2.24, 2.45) is 0 Å². The smallest absolute Gasteiger partial charge is 0.142 e. The van der Waals surface area contributed by atoms with Gasteiger partial charge in [0.1, 0.15) is 5.82 Å². The predicted octanol–water partition coefficient (Wildman–Crippen LogP) is 3.18. The van der Waals surface area contributed by atoms with Crippen LogP contribution < -0.4 is 5.32 Å². The number of hydrogen-bond donors (Lipinski definition) is 1. The molecule has 1 aliphatic heterocycles. The Bertz CT molecular complexity index is 360. The van der Waals surface area contributed by atoms with Crippen LogP contribution in [0.5, 0.6) is 0 Å². The molecule has 0 amide bonds. The standard InChI is InChI=1S/C10H11ClFN/c1-10(2)5-13-7-4-3-6(12)9(11)8(7)10/h3-4,13H,5H2,1-2H3. The number of halogens is 2. The topological polar surface area (TPSA) is 12.0 Å². The van der Waals surface area contributed by atoms with Crippen molar-refractivity contribution >= 4 is 17.3 Å². The highest BCUT2D eigenvalue weighted by atomic mass is 35.5. The first-order valence-electron chi connectivity index (χ1n) is 4.25. The summed E-state index contributed by atoms with van der Waals surface area (Å²) in [6, 6.07) is 3.14. The third-order valence-corrected chi connectivity index (χ3v) is 2.86. The lowest BCUT2D eigenvalue weighted by atomic mass is 9.87. The second-order valence-electron chi connectivity index (χ2n) is 4.02. The van der Waals surface area contributed by atoms with E-state index < -0.39 is 0 Å². The fraction of sp³-hybridized carbons (Fsp3) is 0.400. The second-order valence-corrected chi connectivity index (χ2v) is 4.40. The number of nitrogens with one attached hydrogen (secondary N) is 1. The fourth-order valence-electron chi connectivity index (χ4n) is 1.76. The lowest BCUT2D eigenvalue weighted by Gasteiger charge is -2.18. The molecule has 0 saturated heterocycles.